The predicted molar refractivity (Wildman–Crippen MR) is 76.0 cm³/mol. The molecule has 0 saturated carbocycles. The smallest absolute Gasteiger partial charge is 0.237 e. The Kier molecular flexibility index (Phi) is 4.19. The minimum absolute atomic E-state index is 0.174. The van der Waals surface area contributed by atoms with Crippen LogP contribution in [0, 0.1) is 30.1 Å². The molecular weight excluding hydrogens is 252 g/mol. The number of ketones is 1. The van der Waals surface area contributed by atoms with Crippen LogP contribution in [0.5, 0.6) is 0 Å². The highest BCUT2D eigenvalue weighted by Gasteiger charge is 2.36. The van der Waals surface area contributed by atoms with Gasteiger partial charge in [0, 0.05) is 12.2 Å². The van der Waals surface area contributed by atoms with E-state index in [1.165, 1.54) is 0 Å². The van der Waals surface area contributed by atoms with Gasteiger partial charge in [0.2, 0.25) is 5.91 Å². The van der Waals surface area contributed by atoms with Crippen molar-refractivity contribution in [2.24, 2.45) is 11.8 Å². The van der Waals surface area contributed by atoms with E-state index in [1.54, 1.807) is 11.8 Å². The number of rotatable bonds is 3. The largest absolute Gasteiger partial charge is 0.312 e. The van der Waals surface area contributed by atoms with Crippen molar-refractivity contribution in [3.05, 3.63) is 29.8 Å². The molecule has 0 aromatic heterocycles. The second kappa shape index (κ2) is 5.87. The highest BCUT2D eigenvalue weighted by atomic mass is 16.2. The molecule has 1 aliphatic heterocycles. The Hall–Kier alpha value is -2.15. The first-order chi connectivity index (χ1) is 9.54. The number of amides is 1. The fourth-order valence-corrected chi connectivity index (χ4v) is 2.49. The van der Waals surface area contributed by atoms with Gasteiger partial charge in [-0.25, -0.2) is 0 Å². The molecule has 104 valence electrons. The molecule has 1 aliphatic rings. The third-order valence-electron chi connectivity index (χ3n) is 3.75. The van der Waals surface area contributed by atoms with Crippen LogP contribution >= 0.6 is 0 Å². The Bertz CT molecular complexity index is 557. The normalized spacial score (nSPS) is 20.4. The lowest BCUT2D eigenvalue weighted by Crippen LogP contribution is -2.45. The molecule has 2 rings (SSSR count). The van der Waals surface area contributed by atoms with Crippen LogP contribution in [-0.4, -0.2) is 18.2 Å². The van der Waals surface area contributed by atoms with E-state index in [9.17, 15) is 9.59 Å². The van der Waals surface area contributed by atoms with E-state index in [0.29, 0.717) is 13.0 Å². The Morgan fingerprint density at radius 2 is 2.05 bits per heavy atom. The molecule has 1 fully saturated rings. The summed E-state index contributed by atoms with van der Waals surface area (Å²) in [6.07, 6.45) is 1.33. The minimum Gasteiger partial charge on any atom is -0.312 e. The first-order valence-corrected chi connectivity index (χ1v) is 6.86. The van der Waals surface area contributed by atoms with Gasteiger partial charge in [0.25, 0.3) is 0 Å². The second-order valence-electron chi connectivity index (χ2n) is 5.27. The molecule has 4 nitrogen and oxygen atoms in total. The molecule has 2 atom stereocenters. The van der Waals surface area contributed by atoms with E-state index in [4.69, 9.17) is 5.26 Å². The summed E-state index contributed by atoms with van der Waals surface area (Å²) in [5, 5.41) is 8.84. The number of aryl methyl sites for hydroxylation is 1. The maximum absolute atomic E-state index is 12.5. The molecule has 0 bridgehead atoms. The predicted octanol–water partition coefficient (Wildman–Crippen LogP) is 2.47. The SMILES string of the molecule is Cc1ccc(N2CCC[C@H](C(=O)[C@H](C)C#N)C2=O)cc1. The molecule has 1 amide bonds. The number of piperidine rings is 1. The standard InChI is InChI=1S/C16H18N2O2/c1-11-5-7-13(8-6-11)18-9-3-4-14(16(18)20)15(19)12(2)10-17/h5-8,12,14H,3-4,9H2,1-2H3/t12-,14-/m1/s1. The molecule has 0 unspecified atom stereocenters. The van der Waals surface area contributed by atoms with Crippen molar-refractivity contribution in [2.45, 2.75) is 26.7 Å². The number of Topliss-reactive ketones (excluding diaryl/α,β-unsaturated/α-hetero) is 1. The van der Waals surface area contributed by atoms with Crippen LogP contribution < -0.4 is 4.90 Å². The van der Waals surface area contributed by atoms with Crippen LogP contribution in [0.15, 0.2) is 24.3 Å². The highest BCUT2D eigenvalue weighted by molar-refractivity contribution is 6.10. The summed E-state index contributed by atoms with van der Waals surface area (Å²) in [6.45, 7) is 4.18. The lowest BCUT2D eigenvalue weighted by atomic mass is 9.87. The summed E-state index contributed by atoms with van der Waals surface area (Å²) >= 11 is 0. The summed E-state index contributed by atoms with van der Waals surface area (Å²) in [7, 11) is 0. The molecule has 0 aliphatic carbocycles. The van der Waals surface area contributed by atoms with Crippen molar-refractivity contribution in [1.29, 1.82) is 5.26 Å². The third-order valence-corrected chi connectivity index (χ3v) is 3.75. The summed E-state index contributed by atoms with van der Waals surface area (Å²) in [4.78, 5) is 26.2. The summed E-state index contributed by atoms with van der Waals surface area (Å²) in [6, 6.07) is 9.62. The molecule has 4 heteroatoms. The molecule has 20 heavy (non-hydrogen) atoms. The average Bonchev–Trinajstić information content (AvgIpc) is 2.47. The van der Waals surface area contributed by atoms with Gasteiger partial charge in [0.1, 0.15) is 5.92 Å². The van der Waals surface area contributed by atoms with Crippen LogP contribution in [0.2, 0.25) is 0 Å². The van der Waals surface area contributed by atoms with Crippen LogP contribution in [0.25, 0.3) is 0 Å². The summed E-state index contributed by atoms with van der Waals surface area (Å²) in [5.74, 6) is -1.82. The van der Waals surface area contributed by atoms with E-state index in [-0.39, 0.29) is 11.7 Å². The zero-order valence-corrected chi connectivity index (χ0v) is 11.8. The van der Waals surface area contributed by atoms with E-state index in [1.807, 2.05) is 37.3 Å². The maximum Gasteiger partial charge on any atom is 0.237 e. The van der Waals surface area contributed by atoms with E-state index < -0.39 is 11.8 Å². The summed E-state index contributed by atoms with van der Waals surface area (Å²) in [5.41, 5.74) is 1.95. The lowest BCUT2D eigenvalue weighted by molar-refractivity contribution is -0.135. The number of nitriles is 1. The minimum atomic E-state index is -0.720. The fraction of sp³-hybridized carbons (Fsp3) is 0.438. The van der Waals surface area contributed by atoms with E-state index in [0.717, 1.165) is 17.7 Å². The van der Waals surface area contributed by atoms with Crippen LogP contribution in [0.4, 0.5) is 5.69 Å². The Morgan fingerprint density at radius 1 is 1.40 bits per heavy atom. The monoisotopic (exact) mass is 270 g/mol. The Balaban J connectivity index is 2.21. The van der Waals surface area contributed by atoms with Crippen LogP contribution in [-0.2, 0) is 9.59 Å². The van der Waals surface area contributed by atoms with E-state index in [2.05, 4.69) is 0 Å². The first kappa shape index (κ1) is 14.3. The van der Waals surface area contributed by atoms with Gasteiger partial charge >= 0.3 is 0 Å². The number of anilines is 1. The van der Waals surface area contributed by atoms with Crippen molar-refractivity contribution in [3.8, 4) is 6.07 Å². The van der Waals surface area contributed by atoms with Crippen molar-refractivity contribution in [2.75, 3.05) is 11.4 Å². The zero-order chi connectivity index (χ0) is 14.7. The van der Waals surface area contributed by atoms with Gasteiger partial charge in [-0.1, -0.05) is 17.7 Å². The maximum atomic E-state index is 12.5. The van der Waals surface area contributed by atoms with Crippen molar-refractivity contribution >= 4 is 17.4 Å². The Labute approximate surface area is 119 Å². The van der Waals surface area contributed by atoms with Crippen molar-refractivity contribution in [1.82, 2.24) is 0 Å². The van der Waals surface area contributed by atoms with Gasteiger partial charge < -0.3 is 4.90 Å². The molecule has 1 aromatic rings. The number of hydrogen-bond acceptors (Lipinski definition) is 3. The number of carbonyl (C=O) groups is 2. The number of benzene rings is 1. The molecule has 1 saturated heterocycles. The fourth-order valence-electron chi connectivity index (χ4n) is 2.49. The number of carbonyl (C=O) groups excluding carboxylic acids is 2. The number of hydrogen-bond donors (Lipinski definition) is 0. The Morgan fingerprint density at radius 3 is 2.65 bits per heavy atom. The van der Waals surface area contributed by atoms with Gasteiger partial charge in [-0.3, -0.25) is 9.59 Å². The van der Waals surface area contributed by atoms with Gasteiger partial charge in [0.15, 0.2) is 5.78 Å². The van der Waals surface area contributed by atoms with Gasteiger partial charge in [-0.15, -0.1) is 0 Å². The molecule has 0 spiro atoms. The van der Waals surface area contributed by atoms with Crippen molar-refractivity contribution in [3.63, 3.8) is 0 Å². The van der Waals surface area contributed by atoms with Crippen LogP contribution in [0.1, 0.15) is 25.3 Å². The highest BCUT2D eigenvalue weighted by Crippen LogP contribution is 2.26. The molecule has 0 N–H and O–H groups in total. The van der Waals surface area contributed by atoms with E-state index >= 15 is 0 Å². The van der Waals surface area contributed by atoms with Gasteiger partial charge in [0.05, 0.1) is 12.0 Å². The zero-order valence-electron chi connectivity index (χ0n) is 11.8. The van der Waals surface area contributed by atoms with Crippen LogP contribution in [0.3, 0.4) is 0 Å². The molecule has 1 aromatic carbocycles. The topological polar surface area (TPSA) is 61.2 Å². The lowest BCUT2D eigenvalue weighted by Gasteiger charge is -2.32. The number of nitrogens with zero attached hydrogens (tertiary/aromatic N) is 2. The first-order valence-electron chi connectivity index (χ1n) is 6.86. The van der Waals surface area contributed by atoms with Gasteiger partial charge in [-0.2, -0.15) is 5.26 Å². The molecule has 1 heterocycles. The van der Waals surface area contributed by atoms with Gasteiger partial charge in [-0.05, 0) is 38.8 Å². The molecule has 0 radical (unpaired) electrons. The molecular formula is C16H18N2O2. The third kappa shape index (κ3) is 2.72. The van der Waals surface area contributed by atoms with Crippen molar-refractivity contribution < 1.29 is 9.59 Å². The quantitative estimate of drug-likeness (QED) is 0.793. The second-order valence-corrected chi connectivity index (χ2v) is 5.27. The summed E-state index contributed by atoms with van der Waals surface area (Å²) < 4.78 is 0. The average molecular weight is 270 g/mol.